The Kier molecular flexibility index (Phi) is 2.05. The zero-order valence-corrected chi connectivity index (χ0v) is 27.9. The van der Waals surface area contributed by atoms with Crippen LogP contribution in [0.1, 0.15) is 83.1 Å². The normalized spacial score (nSPS) is 72.8. The van der Waals surface area contributed by atoms with Crippen LogP contribution in [0.4, 0.5) is 0 Å². The molecule has 10 heterocycles. The van der Waals surface area contributed by atoms with Crippen molar-refractivity contribution in [2.24, 2.45) is 0 Å². The molecule has 10 aliphatic rings. The van der Waals surface area contributed by atoms with E-state index in [-0.39, 0.29) is 61.1 Å². The molecule has 10 fully saturated rings. The van der Waals surface area contributed by atoms with Crippen LogP contribution in [0.2, 0.25) is 38.5 Å². The fraction of sp³-hybridized carbons (Fsp3) is 1.00. The molecular formula is C26H44Cl2FeP2Pd. The Morgan fingerprint density at radius 1 is 0.469 bits per heavy atom. The summed E-state index contributed by atoms with van der Waals surface area (Å²) in [4.78, 5) is 11.4. The third-order valence-electron chi connectivity index (χ3n) is 18.0. The molecule has 0 aliphatic carbocycles. The summed E-state index contributed by atoms with van der Waals surface area (Å²) in [7, 11) is 0.244. The van der Waals surface area contributed by atoms with Gasteiger partial charge in [-0.3, -0.25) is 0 Å². The minimum Gasteiger partial charge on any atom is -1.00 e. The van der Waals surface area contributed by atoms with Gasteiger partial charge < -0.3 is 24.8 Å². The first kappa shape index (κ1) is 23.7. The number of halogens is 2. The molecule has 0 bridgehead atoms. The summed E-state index contributed by atoms with van der Waals surface area (Å²) in [6, 6.07) is 0. The van der Waals surface area contributed by atoms with Gasteiger partial charge in [0, 0.05) is 0 Å². The van der Waals surface area contributed by atoms with Crippen molar-refractivity contribution in [3.05, 3.63) is 0 Å². The Bertz CT molecular complexity index is 1240. The van der Waals surface area contributed by atoms with Crippen molar-refractivity contribution >= 4 is 15.8 Å². The van der Waals surface area contributed by atoms with Gasteiger partial charge in [-0.05, 0) is 0 Å². The zero-order valence-electron chi connectivity index (χ0n) is 21.9. The van der Waals surface area contributed by atoms with Gasteiger partial charge in [0.25, 0.3) is 0 Å². The maximum atomic E-state index is 2.68. The van der Waals surface area contributed by atoms with E-state index in [0.29, 0.717) is 20.6 Å². The van der Waals surface area contributed by atoms with Crippen LogP contribution < -0.4 is 24.8 Å². The van der Waals surface area contributed by atoms with Crippen LogP contribution in [0.25, 0.3) is 0 Å². The Morgan fingerprint density at radius 3 is 0.781 bits per heavy atom. The second kappa shape index (κ2) is 2.77. The van der Waals surface area contributed by atoms with Crippen molar-refractivity contribution < 1.29 is 51.7 Å². The third kappa shape index (κ3) is 0.466. The van der Waals surface area contributed by atoms with E-state index >= 15 is 0 Å². The van der Waals surface area contributed by atoms with E-state index in [9.17, 15) is 0 Å². The number of hydrogen-bond acceptors (Lipinski definition) is 0. The van der Waals surface area contributed by atoms with Gasteiger partial charge in [-0.1, -0.05) is 0 Å². The molecule has 8 atom stereocenters. The molecule has 190 valence electrons. The summed E-state index contributed by atoms with van der Waals surface area (Å²) in [6.07, 6.45) is 0. The second-order valence-corrected chi connectivity index (χ2v) is 51.2. The second-order valence-electron chi connectivity index (χ2n) is 19.1. The molecular weight excluding hydrogens is 607 g/mol. The smallest absolute Gasteiger partial charge is 1.00 e. The predicted molar refractivity (Wildman–Crippen MR) is 128 cm³/mol. The molecule has 32 heavy (non-hydrogen) atoms. The largest absolute Gasteiger partial charge is 2.00 e. The summed E-state index contributed by atoms with van der Waals surface area (Å²) < 4.78 is 2.08. The van der Waals surface area contributed by atoms with E-state index in [1.807, 2.05) is 0 Å². The van der Waals surface area contributed by atoms with E-state index in [4.69, 9.17) is 0 Å². The van der Waals surface area contributed by atoms with Crippen LogP contribution >= 0.6 is 15.8 Å². The van der Waals surface area contributed by atoms with Crippen molar-refractivity contribution in [3.63, 3.8) is 0 Å². The summed E-state index contributed by atoms with van der Waals surface area (Å²) in [5.74, 6) is 0. The van der Waals surface area contributed by atoms with E-state index in [1.54, 1.807) is 0 Å². The summed E-state index contributed by atoms with van der Waals surface area (Å²) in [6.45, 7) is 28.7. The van der Waals surface area contributed by atoms with Gasteiger partial charge in [0.15, 0.2) is 0 Å². The molecule has 8 unspecified atom stereocenters. The van der Waals surface area contributed by atoms with Gasteiger partial charge >= 0.3 is 193 Å². The van der Waals surface area contributed by atoms with Gasteiger partial charge in [-0.25, -0.2) is 0 Å². The summed E-state index contributed by atoms with van der Waals surface area (Å²) in [5, 5.41) is 2.22. The molecule has 0 amide bonds. The average Bonchev–Trinajstić information content (AvgIpc) is 3.36. The standard InChI is InChI=1S/2C13H22P.2ClH.Fe.Pd/c2*1-12(2,3)14(13(4,5)6)11-9-7-8-10-11;;;;/h2*7-10H,1-6H3;2*1H;;/q;;;;;+2/p-2. The summed E-state index contributed by atoms with van der Waals surface area (Å²) in [5.41, 5.74) is 0. The molecule has 0 aromatic rings. The maximum absolute atomic E-state index is 3.47. The molecule has 10 aliphatic heterocycles. The predicted octanol–water partition coefficient (Wildman–Crippen LogP) is 3.35. The van der Waals surface area contributed by atoms with Gasteiger partial charge in [0.05, 0.1) is 0 Å². The van der Waals surface area contributed by atoms with Crippen molar-refractivity contribution in [1.29, 1.82) is 0 Å². The van der Waals surface area contributed by atoms with Crippen LogP contribution in [0.3, 0.4) is 0 Å². The van der Waals surface area contributed by atoms with Gasteiger partial charge in [-0.15, -0.1) is 0 Å². The quantitative estimate of drug-likeness (QED) is 0.318. The van der Waals surface area contributed by atoms with Crippen LogP contribution in [-0.4, -0.2) is 28.7 Å². The van der Waals surface area contributed by atoms with E-state index < -0.39 is 6.51 Å². The first-order valence-corrected chi connectivity index (χ1v) is 21.4. The Balaban J connectivity index is 0.000000602. The molecule has 10 saturated heterocycles. The molecule has 1 spiro atoms. The number of fused-ring (bicyclic) bond motifs is 10. The fourth-order valence-electron chi connectivity index (χ4n) is 21.6. The molecule has 10 rings (SSSR count). The number of rotatable bonds is 2. The Morgan fingerprint density at radius 2 is 0.656 bits per heavy atom. The van der Waals surface area contributed by atoms with E-state index in [1.165, 1.54) is 38.5 Å². The van der Waals surface area contributed by atoms with Crippen LogP contribution in [-0.2, 0) is 26.9 Å². The SMILES string of the molecule is CC(C)(C)P(C(C)(C)C)[C]12[CH]3[CH]4[CH]5[CH]1[Fe]45321678[CH]2[CH]1[CH]6[C]7(P(C(C)(C)C)C(C)(C)C)[CH]28.[Cl-].[Cl-].[Pd+2]. The molecule has 0 nitrogen and oxygen atoms in total. The van der Waals surface area contributed by atoms with Gasteiger partial charge in [-0.2, -0.15) is 0 Å². The van der Waals surface area contributed by atoms with Crippen molar-refractivity contribution in [2.45, 2.75) is 150 Å². The molecule has 0 radical (unpaired) electrons. The fourth-order valence-corrected chi connectivity index (χ4v) is 133. The Hall–Kier alpha value is 2.62. The third-order valence-corrected chi connectivity index (χ3v) is 76.8. The average molecular weight is 652 g/mol. The van der Waals surface area contributed by atoms with Crippen LogP contribution in [0, 0.1) is 0 Å². The van der Waals surface area contributed by atoms with Crippen molar-refractivity contribution in [1.82, 2.24) is 0 Å². The van der Waals surface area contributed by atoms with Crippen molar-refractivity contribution in [2.75, 3.05) is 0 Å². The molecule has 6 heteroatoms. The maximum Gasteiger partial charge on any atom is 2.00 e. The topological polar surface area (TPSA) is 0 Å². The van der Waals surface area contributed by atoms with Gasteiger partial charge in [0.1, 0.15) is 0 Å². The van der Waals surface area contributed by atoms with E-state index in [0.717, 1.165) is 8.11 Å². The first-order valence-electron chi connectivity index (χ1n) is 12.5. The van der Waals surface area contributed by atoms with Crippen molar-refractivity contribution in [3.8, 4) is 0 Å². The van der Waals surface area contributed by atoms with Gasteiger partial charge in [0.2, 0.25) is 0 Å². The summed E-state index contributed by atoms with van der Waals surface area (Å²) >= 11 is 0. The number of hydrogen-bond donors (Lipinski definition) is 0. The minimum absolute atomic E-state index is 0. The van der Waals surface area contributed by atoms with Crippen LogP contribution in [0.5, 0.6) is 0 Å². The molecule has 0 saturated carbocycles. The molecule has 0 N–H and O–H groups in total. The monoisotopic (exact) mass is 650 g/mol. The molecule has 0 aromatic carbocycles. The minimum atomic E-state index is -3.47. The molecule has 0 aromatic heterocycles. The zero-order chi connectivity index (χ0) is 21.1. The Labute approximate surface area is 216 Å². The van der Waals surface area contributed by atoms with E-state index in [2.05, 4.69) is 83.1 Å². The van der Waals surface area contributed by atoms with Crippen LogP contribution in [0.15, 0.2) is 0 Å². The first-order chi connectivity index (χ1) is 12.7.